The van der Waals surface area contributed by atoms with Crippen molar-refractivity contribution in [3.05, 3.63) is 0 Å². The highest BCUT2D eigenvalue weighted by atomic mass is 16.3. The molecule has 0 bridgehead atoms. The molecule has 1 N–H and O–H groups in total. The first-order valence-electron chi connectivity index (χ1n) is 7.16. The fraction of sp³-hybridized carbons (Fsp3) is 1.00. The molecular formula is C14H27NO. The first kappa shape index (κ1) is 12.4. The van der Waals surface area contributed by atoms with E-state index in [1.165, 1.54) is 51.7 Å². The van der Waals surface area contributed by atoms with Gasteiger partial charge in [-0.15, -0.1) is 0 Å². The second-order valence-electron chi connectivity index (χ2n) is 5.85. The molecular weight excluding hydrogens is 198 g/mol. The van der Waals surface area contributed by atoms with Gasteiger partial charge >= 0.3 is 0 Å². The molecule has 2 nitrogen and oxygen atoms in total. The zero-order valence-corrected chi connectivity index (χ0v) is 10.7. The Hall–Kier alpha value is -0.0800. The van der Waals surface area contributed by atoms with E-state index in [2.05, 4.69) is 11.8 Å². The highest BCUT2D eigenvalue weighted by molar-refractivity contribution is 4.85. The van der Waals surface area contributed by atoms with E-state index in [-0.39, 0.29) is 5.60 Å². The Kier molecular flexibility index (Phi) is 4.26. The number of hydrogen-bond donors (Lipinski definition) is 1. The Morgan fingerprint density at radius 2 is 1.81 bits per heavy atom. The number of nitrogens with zero attached hydrogens (tertiary/aromatic N) is 1. The Bertz CT molecular complexity index is 203. The average molecular weight is 225 g/mol. The van der Waals surface area contributed by atoms with Crippen molar-refractivity contribution in [1.82, 2.24) is 4.90 Å². The molecule has 94 valence electrons. The maximum Gasteiger partial charge on any atom is 0.0648 e. The van der Waals surface area contributed by atoms with Crippen LogP contribution in [0.25, 0.3) is 0 Å². The van der Waals surface area contributed by atoms with Crippen molar-refractivity contribution in [2.45, 2.75) is 63.9 Å². The third-order valence-corrected chi connectivity index (χ3v) is 4.71. The van der Waals surface area contributed by atoms with Gasteiger partial charge in [-0.1, -0.05) is 19.8 Å². The minimum atomic E-state index is -0.276. The largest absolute Gasteiger partial charge is 0.390 e. The van der Waals surface area contributed by atoms with E-state index >= 15 is 0 Å². The van der Waals surface area contributed by atoms with E-state index in [9.17, 15) is 5.11 Å². The Morgan fingerprint density at radius 1 is 1.19 bits per heavy atom. The lowest BCUT2D eigenvalue weighted by atomic mass is 9.86. The number of aliphatic hydroxyl groups is 1. The minimum absolute atomic E-state index is 0.276. The first-order valence-corrected chi connectivity index (χ1v) is 7.16. The second kappa shape index (κ2) is 5.50. The number of likely N-dealkylation sites (tertiary alicyclic amines) is 1. The van der Waals surface area contributed by atoms with Crippen LogP contribution >= 0.6 is 0 Å². The molecule has 1 aliphatic heterocycles. The zero-order valence-electron chi connectivity index (χ0n) is 10.7. The van der Waals surface area contributed by atoms with Gasteiger partial charge in [0.05, 0.1) is 5.60 Å². The van der Waals surface area contributed by atoms with E-state index in [0.717, 1.165) is 25.2 Å². The van der Waals surface area contributed by atoms with Gasteiger partial charge in [-0.2, -0.15) is 0 Å². The molecule has 0 spiro atoms. The maximum absolute atomic E-state index is 10.3. The van der Waals surface area contributed by atoms with Crippen LogP contribution in [0, 0.1) is 5.92 Å². The van der Waals surface area contributed by atoms with Crippen LogP contribution in [-0.4, -0.2) is 35.2 Å². The summed E-state index contributed by atoms with van der Waals surface area (Å²) in [5.41, 5.74) is -0.276. The van der Waals surface area contributed by atoms with Gasteiger partial charge in [0.15, 0.2) is 0 Å². The molecule has 0 radical (unpaired) electrons. The molecule has 2 aliphatic rings. The van der Waals surface area contributed by atoms with Crippen LogP contribution in [0.1, 0.15) is 58.3 Å². The van der Waals surface area contributed by atoms with E-state index in [4.69, 9.17) is 0 Å². The number of piperidine rings is 1. The second-order valence-corrected chi connectivity index (χ2v) is 5.85. The predicted octanol–water partition coefficient (Wildman–Crippen LogP) is 2.80. The smallest absolute Gasteiger partial charge is 0.0648 e. The lowest BCUT2D eigenvalue weighted by Gasteiger charge is -2.32. The third kappa shape index (κ3) is 3.21. The standard InChI is InChI=1S/C14H27NO/c1-2-15-11-6-13(7-12-15)5-10-14(16)8-3-4-9-14/h13,16H,2-12H2,1H3. The molecule has 0 aromatic rings. The summed E-state index contributed by atoms with van der Waals surface area (Å²) < 4.78 is 0. The lowest BCUT2D eigenvalue weighted by Crippen LogP contribution is -2.34. The van der Waals surface area contributed by atoms with Crippen molar-refractivity contribution in [1.29, 1.82) is 0 Å². The molecule has 2 rings (SSSR count). The van der Waals surface area contributed by atoms with Crippen molar-refractivity contribution in [2.75, 3.05) is 19.6 Å². The van der Waals surface area contributed by atoms with E-state index in [1.54, 1.807) is 0 Å². The molecule has 2 heteroatoms. The van der Waals surface area contributed by atoms with Crippen LogP contribution in [0.4, 0.5) is 0 Å². The quantitative estimate of drug-likeness (QED) is 0.795. The van der Waals surface area contributed by atoms with Gasteiger partial charge < -0.3 is 10.0 Å². The molecule has 0 aromatic heterocycles. The van der Waals surface area contributed by atoms with E-state index < -0.39 is 0 Å². The molecule has 0 amide bonds. The van der Waals surface area contributed by atoms with Gasteiger partial charge in [-0.3, -0.25) is 0 Å². The average Bonchev–Trinajstić information content (AvgIpc) is 2.75. The fourth-order valence-electron chi connectivity index (χ4n) is 3.35. The highest BCUT2D eigenvalue weighted by Crippen LogP contribution is 2.35. The Morgan fingerprint density at radius 3 is 2.38 bits per heavy atom. The van der Waals surface area contributed by atoms with E-state index in [1.807, 2.05) is 0 Å². The van der Waals surface area contributed by atoms with Gasteiger partial charge in [0.25, 0.3) is 0 Å². The SMILES string of the molecule is CCN1CCC(CCC2(O)CCCC2)CC1. The summed E-state index contributed by atoms with van der Waals surface area (Å²) in [5, 5.41) is 10.3. The van der Waals surface area contributed by atoms with Crippen LogP contribution in [0.3, 0.4) is 0 Å². The van der Waals surface area contributed by atoms with E-state index in [0.29, 0.717) is 0 Å². The number of rotatable bonds is 4. The fourth-order valence-corrected chi connectivity index (χ4v) is 3.35. The molecule has 0 unspecified atom stereocenters. The highest BCUT2D eigenvalue weighted by Gasteiger charge is 2.31. The van der Waals surface area contributed by atoms with Gasteiger partial charge in [-0.25, -0.2) is 0 Å². The monoisotopic (exact) mass is 225 g/mol. The van der Waals surface area contributed by atoms with Gasteiger partial charge in [0.2, 0.25) is 0 Å². The number of hydrogen-bond acceptors (Lipinski definition) is 2. The van der Waals surface area contributed by atoms with Crippen LogP contribution in [0.5, 0.6) is 0 Å². The van der Waals surface area contributed by atoms with Gasteiger partial charge in [0.1, 0.15) is 0 Å². The molecule has 16 heavy (non-hydrogen) atoms. The summed E-state index contributed by atoms with van der Waals surface area (Å²) in [6.45, 7) is 6.01. The Labute approximate surface area is 100 Å². The molecule has 2 fully saturated rings. The topological polar surface area (TPSA) is 23.5 Å². The van der Waals surface area contributed by atoms with Crippen LogP contribution in [-0.2, 0) is 0 Å². The summed E-state index contributed by atoms with van der Waals surface area (Å²) in [5.74, 6) is 0.882. The molecule has 1 saturated carbocycles. The minimum Gasteiger partial charge on any atom is -0.390 e. The summed E-state index contributed by atoms with van der Waals surface area (Å²) >= 11 is 0. The first-order chi connectivity index (χ1) is 7.72. The van der Waals surface area contributed by atoms with Crippen molar-refractivity contribution in [3.8, 4) is 0 Å². The predicted molar refractivity (Wildman–Crippen MR) is 67.5 cm³/mol. The maximum atomic E-state index is 10.3. The lowest BCUT2D eigenvalue weighted by molar-refractivity contribution is 0.0285. The molecule has 1 aliphatic carbocycles. The summed E-state index contributed by atoms with van der Waals surface area (Å²) in [7, 11) is 0. The van der Waals surface area contributed by atoms with Crippen molar-refractivity contribution >= 4 is 0 Å². The third-order valence-electron chi connectivity index (χ3n) is 4.71. The molecule has 1 heterocycles. The van der Waals surface area contributed by atoms with Crippen molar-refractivity contribution < 1.29 is 5.11 Å². The zero-order chi connectivity index (χ0) is 11.4. The molecule has 1 saturated heterocycles. The molecule has 0 atom stereocenters. The van der Waals surface area contributed by atoms with Crippen molar-refractivity contribution in [2.24, 2.45) is 5.92 Å². The van der Waals surface area contributed by atoms with Crippen LogP contribution in [0.15, 0.2) is 0 Å². The van der Waals surface area contributed by atoms with Gasteiger partial charge in [0, 0.05) is 0 Å². The summed E-state index contributed by atoms with van der Waals surface area (Å²) in [6.07, 6.45) is 9.61. The van der Waals surface area contributed by atoms with Gasteiger partial charge in [-0.05, 0) is 64.1 Å². The van der Waals surface area contributed by atoms with Crippen LogP contribution in [0.2, 0.25) is 0 Å². The normalized spacial score (nSPS) is 27.4. The Balaban J connectivity index is 1.67. The molecule has 0 aromatic carbocycles. The summed E-state index contributed by atoms with van der Waals surface area (Å²) in [4.78, 5) is 2.54. The van der Waals surface area contributed by atoms with Crippen LogP contribution < -0.4 is 0 Å². The van der Waals surface area contributed by atoms with Crippen molar-refractivity contribution in [3.63, 3.8) is 0 Å². The summed E-state index contributed by atoms with van der Waals surface area (Å²) in [6, 6.07) is 0.